The van der Waals surface area contributed by atoms with Crippen molar-refractivity contribution in [1.29, 1.82) is 0 Å². The Bertz CT molecular complexity index is 198. The fraction of sp³-hybridized carbons (Fsp3) is 0.923. The SMILES string of the molecule is CC1CCC(CNC(=O)CCCCO)CC1. The van der Waals surface area contributed by atoms with E-state index in [9.17, 15) is 4.79 Å². The molecule has 0 saturated heterocycles. The van der Waals surface area contributed by atoms with Crippen LogP contribution in [0.1, 0.15) is 51.9 Å². The van der Waals surface area contributed by atoms with Gasteiger partial charge in [-0.1, -0.05) is 19.8 Å². The monoisotopic (exact) mass is 227 g/mol. The van der Waals surface area contributed by atoms with Crippen molar-refractivity contribution in [2.75, 3.05) is 13.2 Å². The first-order chi connectivity index (χ1) is 7.72. The quantitative estimate of drug-likeness (QED) is 0.683. The van der Waals surface area contributed by atoms with E-state index in [1.807, 2.05) is 0 Å². The van der Waals surface area contributed by atoms with Crippen LogP contribution >= 0.6 is 0 Å². The summed E-state index contributed by atoms with van der Waals surface area (Å²) in [5.74, 6) is 1.71. The molecule has 0 aromatic carbocycles. The Morgan fingerprint density at radius 2 is 1.94 bits per heavy atom. The molecule has 3 heteroatoms. The van der Waals surface area contributed by atoms with Gasteiger partial charge in [0.05, 0.1) is 0 Å². The van der Waals surface area contributed by atoms with E-state index in [1.165, 1.54) is 25.7 Å². The summed E-state index contributed by atoms with van der Waals surface area (Å²) < 4.78 is 0. The summed E-state index contributed by atoms with van der Waals surface area (Å²) in [6.07, 6.45) is 7.23. The number of carbonyl (C=O) groups is 1. The van der Waals surface area contributed by atoms with Gasteiger partial charge in [-0.15, -0.1) is 0 Å². The molecule has 0 bridgehead atoms. The zero-order valence-electron chi connectivity index (χ0n) is 10.4. The molecule has 3 nitrogen and oxygen atoms in total. The smallest absolute Gasteiger partial charge is 0.220 e. The molecule has 0 atom stereocenters. The van der Waals surface area contributed by atoms with Crippen LogP contribution in [0, 0.1) is 11.8 Å². The first kappa shape index (κ1) is 13.5. The maximum atomic E-state index is 11.4. The van der Waals surface area contributed by atoms with E-state index >= 15 is 0 Å². The molecule has 1 amide bonds. The van der Waals surface area contributed by atoms with Crippen LogP contribution in [0.5, 0.6) is 0 Å². The standard InChI is InChI=1S/C13H25NO2/c1-11-5-7-12(8-6-11)10-14-13(16)4-2-3-9-15/h11-12,15H,2-10H2,1H3,(H,14,16). The Morgan fingerprint density at radius 1 is 1.25 bits per heavy atom. The molecule has 1 aliphatic rings. The van der Waals surface area contributed by atoms with Crippen LogP contribution in [-0.2, 0) is 4.79 Å². The first-order valence-electron chi connectivity index (χ1n) is 6.60. The van der Waals surface area contributed by atoms with Crippen molar-refractivity contribution in [1.82, 2.24) is 5.32 Å². The molecule has 94 valence electrons. The maximum absolute atomic E-state index is 11.4. The molecule has 16 heavy (non-hydrogen) atoms. The van der Waals surface area contributed by atoms with Gasteiger partial charge in [0.25, 0.3) is 0 Å². The normalized spacial score (nSPS) is 25.4. The topological polar surface area (TPSA) is 49.3 Å². The third-order valence-corrected chi connectivity index (χ3v) is 3.54. The Balaban J connectivity index is 2.03. The number of aliphatic hydroxyl groups is 1. The lowest BCUT2D eigenvalue weighted by atomic mass is 9.83. The number of aliphatic hydroxyl groups excluding tert-OH is 1. The number of rotatable bonds is 6. The van der Waals surface area contributed by atoms with E-state index in [1.54, 1.807) is 0 Å². The highest BCUT2D eigenvalue weighted by molar-refractivity contribution is 5.75. The van der Waals surface area contributed by atoms with Crippen molar-refractivity contribution in [3.63, 3.8) is 0 Å². The third-order valence-electron chi connectivity index (χ3n) is 3.54. The summed E-state index contributed by atoms with van der Waals surface area (Å²) in [4.78, 5) is 11.4. The minimum Gasteiger partial charge on any atom is -0.396 e. The van der Waals surface area contributed by atoms with E-state index < -0.39 is 0 Å². The van der Waals surface area contributed by atoms with Gasteiger partial charge >= 0.3 is 0 Å². The van der Waals surface area contributed by atoms with Crippen LogP contribution in [-0.4, -0.2) is 24.2 Å². The van der Waals surface area contributed by atoms with Crippen LogP contribution < -0.4 is 5.32 Å². The van der Waals surface area contributed by atoms with Gasteiger partial charge in [0.2, 0.25) is 5.91 Å². The third kappa shape index (κ3) is 5.50. The summed E-state index contributed by atoms with van der Waals surface area (Å²) in [7, 11) is 0. The fourth-order valence-electron chi connectivity index (χ4n) is 2.28. The number of hydrogen-bond donors (Lipinski definition) is 2. The van der Waals surface area contributed by atoms with Crippen molar-refractivity contribution < 1.29 is 9.90 Å². The minimum atomic E-state index is 0.145. The van der Waals surface area contributed by atoms with Crippen molar-refractivity contribution in [3.8, 4) is 0 Å². The summed E-state index contributed by atoms with van der Waals surface area (Å²) >= 11 is 0. The lowest BCUT2D eigenvalue weighted by Crippen LogP contribution is -2.30. The highest BCUT2D eigenvalue weighted by Crippen LogP contribution is 2.27. The summed E-state index contributed by atoms with van der Waals surface area (Å²) in [6, 6.07) is 0. The maximum Gasteiger partial charge on any atom is 0.220 e. The van der Waals surface area contributed by atoms with E-state index in [-0.39, 0.29) is 12.5 Å². The predicted octanol–water partition coefficient (Wildman–Crippen LogP) is 2.09. The molecule has 2 N–H and O–H groups in total. The van der Waals surface area contributed by atoms with Crippen LogP contribution in [0.25, 0.3) is 0 Å². The van der Waals surface area contributed by atoms with Gasteiger partial charge in [0.1, 0.15) is 0 Å². The van der Waals surface area contributed by atoms with Crippen LogP contribution in [0.2, 0.25) is 0 Å². The average Bonchev–Trinajstić information content (AvgIpc) is 2.29. The second-order valence-corrected chi connectivity index (χ2v) is 5.11. The van der Waals surface area contributed by atoms with Gasteiger partial charge in [-0.2, -0.15) is 0 Å². The second-order valence-electron chi connectivity index (χ2n) is 5.11. The summed E-state index contributed by atoms with van der Waals surface area (Å²) in [5, 5.41) is 11.6. The largest absolute Gasteiger partial charge is 0.396 e. The zero-order valence-corrected chi connectivity index (χ0v) is 10.4. The summed E-state index contributed by atoms with van der Waals surface area (Å²) in [5.41, 5.74) is 0. The summed E-state index contributed by atoms with van der Waals surface area (Å²) in [6.45, 7) is 3.35. The second kappa shape index (κ2) is 7.66. The van der Waals surface area contributed by atoms with Crippen LogP contribution in [0.15, 0.2) is 0 Å². The molecule has 1 aliphatic carbocycles. The number of nitrogens with one attached hydrogen (secondary N) is 1. The number of hydrogen-bond acceptors (Lipinski definition) is 2. The minimum absolute atomic E-state index is 0.145. The van der Waals surface area contributed by atoms with Crippen LogP contribution in [0.4, 0.5) is 0 Å². The molecule has 1 rings (SSSR count). The predicted molar refractivity (Wildman–Crippen MR) is 65.1 cm³/mol. The Morgan fingerprint density at radius 3 is 2.56 bits per heavy atom. The molecule has 0 spiro atoms. The van der Waals surface area contributed by atoms with Gasteiger partial charge in [-0.3, -0.25) is 4.79 Å². The lowest BCUT2D eigenvalue weighted by Gasteiger charge is -2.26. The van der Waals surface area contributed by atoms with Gasteiger partial charge in [-0.25, -0.2) is 0 Å². The molecule has 0 heterocycles. The molecule has 0 aromatic rings. The Labute approximate surface area is 98.6 Å². The molecule has 0 aliphatic heterocycles. The molecule has 0 radical (unpaired) electrons. The van der Waals surface area contributed by atoms with Gasteiger partial charge in [0, 0.05) is 19.6 Å². The molecule has 0 unspecified atom stereocenters. The van der Waals surface area contributed by atoms with Crippen molar-refractivity contribution in [2.45, 2.75) is 51.9 Å². The highest BCUT2D eigenvalue weighted by atomic mass is 16.2. The van der Waals surface area contributed by atoms with Gasteiger partial charge in [-0.05, 0) is 37.5 Å². The number of unbranched alkanes of at least 4 members (excludes halogenated alkanes) is 1. The molecule has 0 aromatic heterocycles. The highest BCUT2D eigenvalue weighted by Gasteiger charge is 2.18. The van der Waals surface area contributed by atoms with Gasteiger partial charge in [0.15, 0.2) is 0 Å². The average molecular weight is 227 g/mol. The number of amides is 1. The van der Waals surface area contributed by atoms with E-state index in [0.29, 0.717) is 12.3 Å². The first-order valence-corrected chi connectivity index (χ1v) is 6.60. The van der Waals surface area contributed by atoms with E-state index in [2.05, 4.69) is 12.2 Å². The van der Waals surface area contributed by atoms with Crippen molar-refractivity contribution in [3.05, 3.63) is 0 Å². The van der Waals surface area contributed by atoms with E-state index in [4.69, 9.17) is 5.11 Å². The molecular weight excluding hydrogens is 202 g/mol. The lowest BCUT2D eigenvalue weighted by molar-refractivity contribution is -0.121. The molecular formula is C13H25NO2. The van der Waals surface area contributed by atoms with Crippen molar-refractivity contribution in [2.24, 2.45) is 11.8 Å². The van der Waals surface area contributed by atoms with E-state index in [0.717, 1.165) is 25.3 Å². The molecule has 1 fully saturated rings. The number of carbonyl (C=O) groups excluding carboxylic acids is 1. The fourth-order valence-corrected chi connectivity index (χ4v) is 2.28. The Kier molecular flexibility index (Phi) is 6.46. The Hall–Kier alpha value is -0.570. The van der Waals surface area contributed by atoms with Crippen molar-refractivity contribution >= 4 is 5.91 Å². The zero-order chi connectivity index (χ0) is 11.8. The molecule has 1 saturated carbocycles. The van der Waals surface area contributed by atoms with Crippen LogP contribution in [0.3, 0.4) is 0 Å². The van der Waals surface area contributed by atoms with Gasteiger partial charge < -0.3 is 10.4 Å².